The van der Waals surface area contributed by atoms with Crippen LogP contribution in [0.15, 0.2) is 18.2 Å². The number of carbonyl (C=O) groups is 1. The van der Waals surface area contributed by atoms with Crippen molar-refractivity contribution in [3.8, 4) is 17.2 Å². The van der Waals surface area contributed by atoms with Gasteiger partial charge in [-0.1, -0.05) is 6.08 Å². The topological polar surface area (TPSA) is 51.2 Å². The summed E-state index contributed by atoms with van der Waals surface area (Å²) in [5.74, 6) is 1.67. The first-order valence-corrected chi connectivity index (χ1v) is 8.13. The molecule has 0 saturated heterocycles. The highest BCUT2D eigenvalue weighted by Gasteiger charge is 2.18. The summed E-state index contributed by atoms with van der Waals surface area (Å²) in [6.07, 6.45) is 3.41. The second-order valence-corrected chi connectivity index (χ2v) is 6.42. The molecule has 6 nitrogen and oxygen atoms in total. The first-order chi connectivity index (χ1) is 11.8. The summed E-state index contributed by atoms with van der Waals surface area (Å²) in [6.45, 7) is 1.41. The van der Waals surface area contributed by atoms with Crippen LogP contribution in [-0.2, 0) is 4.79 Å². The lowest BCUT2D eigenvalue weighted by atomic mass is 10.0. The SMILES string of the molecule is COc1cc(/C=C/C(=O)C(CN(C)C)CN(C)C)cc(OC)c1OC. The Morgan fingerprint density at radius 3 is 1.80 bits per heavy atom. The molecule has 0 heterocycles. The van der Waals surface area contributed by atoms with Gasteiger partial charge in [0.15, 0.2) is 17.3 Å². The van der Waals surface area contributed by atoms with E-state index in [0.717, 1.165) is 5.56 Å². The molecule has 1 rings (SSSR count). The number of benzene rings is 1. The van der Waals surface area contributed by atoms with Gasteiger partial charge in [0, 0.05) is 19.0 Å². The molecule has 0 saturated carbocycles. The third-order valence-corrected chi connectivity index (χ3v) is 3.70. The fraction of sp³-hybridized carbons (Fsp3) is 0.526. The largest absolute Gasteiger partial charge is 0.493 e. The second kappa shape index (κ2) is 10.1. The van der Waals surface area contributed by atoms with Crippen molar-refractivity contribution in [3.63, 3.8) is 0 Å². The zero-order chi connectivity index (χ0) is 19.0. The number of allylic oxidation sites excluding steroid dienone is 1. The van der Waals surface area contributed by atoms with Gasteiger partial charge in [-0.25, -0.2) is 0 Å². The van der Waals surface area contributed by atoms with Gasteiger partial charge in [-0.3, -0.25) is 4.79 Å². The standard InChI is InChI=1S/C19H30N2O4/c1-20(2)12-15(13-21(3)4)16(22)9-8-14-10-17(23-5)19(25-7)18(11-14)24-6/h8-11,15H,12-13H2,1-7H3/b9-8+. The molecule has 0 aromatic heterocycles. The Hall–Kier alpha value is -2.05. The van der Waals surface area contributed by atoms with Crippen LogP contribution >= 0.6 is 0 Å². The molecule has 140 valence electrons. The van der Waals surface area contributed by atoms with Crippen molar-refractivity contribution in [1.82, 2.24) is 9.80 Å². The Kier molecular flexibility index (Phi) is 8.45. The van der Waals surface area contributed by atoms with Crippen LogP contribution in [-0.4, -0.2) is 78.2 Å². The fourth-order valence-corrected chi connectivity index (χ4v) is 2.63. The van der Waals surface area contributed by atoms with Crippen LogP contribution in [0.25, 0.3) is 6.08 Å². The van der Waals surface area contributed by atoms with Crippen molar-refractivity contribution >= 4 is 11.9 Å². The molecule has 0 radical (unpaired) electrons. The molecular weight excluding hydrogens is 320 g/mol. The minimum atomic E-state index is -0.0803. The summed E-state index contributed by atoms with van der Waals surface area (Å²) in [6, 6.07) is 3.63. The molecule has 0 aliphatic rings. The fourth-order valence-electron chi connectivity index (χ4n) is 2.63. The highest BCUT2D eigenvalue weighted by atomic mass is 16.5. The van der Waals surface area contributed by atoms with Gasteiger partial charge in [-0.05, 0) is 52.0 Å². The number of ether oxygens (including phenoxy) is 3. The Morgan fingerprint density at radius 1 is 0.960 bits per heavy atom. The smallest absolute Gasteiger partial charge is 0.203 e. The van der Waals surface area contributed by atoms with Gasteiger partial charge >= 0.3 is 0 Å². The van der Waals surface area contributed by atoms with Crippen molar-refractivity contribution in [2.24, 2.45) is 5.92 Å². The van der Waals surface area contributed by atoms with E-state index in [4.69, 9.17) is 14.2 Å². The predicted molar refractivity (Wildman–Crippen MR) is 101 cm³/mol. The molecule has 1 aromatic carbocycles. The maximum atomic E-state index is 12.6. The maximum Gasteiger partial charge on any atom is 0.203 e. The van der Waals surface area contributed by atoms with E-state index >= 15 is 0 Å². The number of carbonyl (C=O) groups excluding carboxylic acids is 1. The number of hydrogen-bond donors (Lipinski definition) is 0. The van der Waals surface area contributed by atoms with Gasteiger partial charge in [-0.2, -0.15) is 0 Å². The van der Waals surface area contributed by atoms with Crippen molar-refractivity contribution in [3.05, 3.63) is 23.8 Å². The Morgan fingerprint density at radius 2 is 1.44 bits per heavy atom. The third kappa shape index (κ3) is 6.40. The van der Waals surface area contributed by atoms with Gasteiger partial charge in [-0.15, -0.1) is 0 Å². The maximum absolute atomic E-state index is 12.6. The Labute approximate surface area is 151 Å². The van der Waals surface area contributed by atoms with Gasteiger partial charge in [0.25, 0.3) is 0 Å². The molecule has 0 atom stereocenters. The molecule has 0 aliphatic carbocycles. The van der Waals surface area contributed by atoms with Crippen molar-refractivity contribution < 1.29 is 19.0 Å². The Balaban J connectivity index is 3.03. The number of ketones is 1. The van der Waals surface area contributed by atoms with Crippen LogP contribution in [0, 0.1) is 5.92 Å². The number of nitrogens with zero attached hydrogens (tertiary/aromatic N) is 2. The summed E-state index contributed by atoms with van der Waals surface area (Å²) in [5.41, 5.74) is 0.816. The summed E-state index contributed by atoms with van der Waals surface area (Å²) in [7, 11) is 12.6. The molecule has 0 unspecified atom stereocenters. The average molecular weight is 350 g/mol. The van der Waals surface area contributed by atoms with E-state index in [-0.39, 0.29) is 11.7 Å². The summed E-state index contributed by atoms with van der Waals surface area (Å²) >= 11 is 0. The molecule has 1 aromatic rings. The molecule has 6 heteroatoms. The third-order valence-electron chi connectivity index (χ3n) is 3.70. The lowest BCUT2D eigenvalue weighted by Gasteiger charge is -2.22. The van der Waals surface area contributed by atoms with E-state index in [1.165, 1.54) is 0 Å². The van der Waals surface area contributed by atoms with E-state index in [1.54, 1.807) is 33.5 Å². The first kappa shape index (κ1) is 21.0. The van der Waals surface area contributed by atoms with Crippen LogP contribution in [0.4, 0.5) is 0 Å². The molecular formula is C19H30N2O4. The highest BCUT2D eigenvalue weighted by Crippen LogP contribution is 2.38. The van der Waals surface area contributed by atoms with E-state index in [0.29, 0.717) is 30.3 Å². The van der Waals surface area contributed by atoms with Crippen LogP contribution in [0.2, 0.25) is 0 Å². The first-order valence-electron chi connectivity index (χ1n) is 8.13. The number of methoxy groups -OCH3 is 3. The molecule has 0 aliphatic heterocycles. The van der Waals surface area contributed by atoms with E-state index in [1.807, 2.05) is 50.1 Å². The van der Waals surface area contributed by atoms with Gasteiger partial charge in [0.2, 0.25) is 5.75 Å². The predicted octanol–water partition coefficient (Wildman–Crippen LogP) is 2.03. The zero-order valence-corrected chi connectivity index (χ0v) is 16.3. The molecule has 0 amide bonds. The Bertz CT molecular complexity index is 562. The quantitative estimate of drug-likeness (QED) is 0.602. The molecule has 0 bridgehead atoms. The summed E-state index contributed by atoms with van der Waals surface area (Å²) in [4.78, 5) is 16.6. The highest BCUT2D eigenvalue weighted by molar-refractivity contribution is 5.95. The lowest BCUT2D eigenvalue weighted by molar-refractivity contribution is -0.119. The zero-order valence-electron chi connectivity index (χ0n) is 16.3. The van der Waals surface area contributed by atoms with Gasteiger partial charge in [0.1, 0.15) is 0 Å². The van der Waals surface area contributed by atoms with Gasteiger partial charge < -0.3 is 24.0 Å². The number of rotatable bonds is 10. The van der Waals surface area contributed by atoms with Crippen LogP contribution in [0.3, 0.4) is 0 Å². The molecule has 0 N–H and O–H groups in total. The van der Waals surface area contributed by atoms with E-state index < -0.39 is 0 Å². The normalized spacial score (nSPS) is 11.6. The molecule has 0 fully saturated rings. The van der Waals surface area contributed by atoms with Crippen molar-refractivity contribution in [2.75, 3.05) is 62.6 Å². The van der Waals surface area contributed by atoms with Gasteiger partial charge in [0.05, 0.1) is 21.3 Å². The molecule has 0 spiro atoms. The van der Waals surface area contributed by atoms with Crippen LogP contribution < -0.4 is 14.2 Å². The van der Waals surface area contributed by atoms with Crippen molar-refractivity contribution in [1.29, 1.82) is 0 Å². The lowest BCUT2D eigenvalue weighted by Crippen LogP contribution is -2.34. The molecule has 25 heavy (non-hydrogen) atoms. The minimum absolute atomic E-state index is 0.0803. The van der Waals surface area contributed by atoms with Crippen LogP contribution in [0.1, 0.15) is 5.56 Å². The van der Waals surface area contributed by atoms with E-state index in [9.17, 15) is 4.79 Å². The van der Waals surface area contributed by atoms with Crippen LogP contribution in [0.5, 0.6) is 17.2 Å². The minimum Gasteiger partial charge on any atom is -0.493 e. The number of hydrogen-bond acceptors (Lipinski definition) is 6. The van der Waals surface area contributed by atoms with Crippen molar-refractivity contribution in [2.45, 2.75) is 0 Å². The van der Waals surface area contributed by atoms with E-state index in [2.05, 4.69) is 0 Å². The average Bonchev–Trinajstić information content (AvgIpc) is 2.56. The monoisotopic (exact) mass is 350 g/mol. The summed E-state index contributed by atoms with van der Waals surface area (Å²) < 4.78 is 16.0. The summed E-state index contributed by atoms with van der Waals surface area (Å²) in [5, 5.41) is 0. The second-order valence-electron chi connectivity index (χ2n) is 6.42.